The lowest BCUT2D eigenvalue weighted by Crippen LogP contribution is -2.30. The Kier molecular flexibility index (Phi) is 3.90. The van der Waals surface area contributed by atoms with Gasteiger partial charge in [-0.1, -0.05) is 19.0 Å². The van der Waals surface area contributed by atoms with E-state index in [0.717, 1.165) is 0 Å². The predicted octanol–water partition coefficient (Wildman–Crippen LogP) is 1.73. The number of hydrogen-bond donors (Lipinski definition) is 1. The number of rotatable bonds is 4. The Hall–Kier alpha value is -1.11. The Bertz CT molecular complexity index is 336. The summed E-state index contributed by atoms with van der Waals surface area (Å²) in [5.74, 6) is 0.456. The SMILES string of the molecule is CC(C)Cc1noc(CC(O)C(F)(F)F)n1. The fraction of sp³-hybridized carbons (Fsp3) is 0.778. The smallest absolute Gasteiger partial charge is 0.383 e. The molecular formula is C9H13F3N2O2. The summed E-state index contributed by atoms with van der Waals surface area (Å²) >= 11 is 0. The van der Waals surface area contributed by atoms with Gasteiger partial charge >= 0.3 is 6.18 Å². The zero-order valence-corrected chi connectivity index (χ0v) is 8.95. The molecule has 92 valence electrons. The molecule has 1 aromatic heterocycles. The van der Waals surface area contributed by atoms with Gasteiger partial charge in [0.25, 0.3) is 0 Å². The molecule has 0 aliphatic rings. The molecule has 0 saturated carbocycles. The third kappa shape index (κ3) is 3.80. The van der Waals surface area contributed by atoms with Crippen LogP contribution in [0.3, 0.4) is 0 Å². The minimum atomic E-state index is -4.66. The Balaban J connectivity index is 2.58. The monoisotopic (exact) mass is 238 g/mol. The molecule has 0 aromatic carbocycles. The minimum Gasteiger partial charge on any atom is -0.383 e. The van der Waals surface area contributed by atoms with Gasteiger partial charge in [-0.05, 0) is 5.92 Å². The zero-order chi connectivity index (χ0) is 12.3. The highest BCUT2D eigenvalue weighted by molar-refractivity contribution is 4.90. The van der Waals surface area contributed by atoms with Gasteiger partial charge in [0, 0.05) is 6.42 Å². The molecule has 7 heteroatoms. The predicted molar refractivity (Wildman–Crippen MR) is 48.6 cm³/mol. The Morgan fingerprint density at radius 2 is 1.94 bits per heavy atom. The second kappa shape index (κ2) is 4.82. The molecule has 4 nitrogen and oxygen atoms in total. The van der Waals surface area contributed by atoms with Crippen molar-refractivity contribution in [2.24, 2.45) is 5.92 Å². The normalized spacial score (nSPS) is 14.4. The molecule has 0 fully saturated rings. The van der Waals surface area contributed by atoms with Crippen molar-refractivity contribution in [2.75, 3.05) is 0 Å². The molecule has 0 spiro atoms. The van der Waals surface area contributed by atoms with Gasteiger partial charge in [-0.2, -0.15) is 18.2 Å². The lowest BCUT2D eigenvalue weighted by atomic mass is 10.1. The highest BCUT2D eigenvalue weighted by atomic mass is 19.4. The highest BCUT2D eigenvalue weighted by Crippen LogP contribution is 2.22. The second-order valence-electron chi connectivity index (χ2n) is 3.96. The summed E-state index contributed by atoms with van der Waals surface area (Å²) in [5.41, 5.74) is 0. The zero-order valence-electron chi connectivity index (χ0n) is 8.95. The van der Waals surface area contributed by atoms with Gasteiger partial charge in [0.2, 0.25) is 5.89 Å². The van der Waals surface area contributed by atoms with Crippen LogP contribution in [0.1, 0.15) is 25.6 Å². The minimum absolute atomic E-state index is 0.194. The summed E-state index contributed by atoms with van der Waals surface area (Å²) in [6, 6.07) is 0. The van der Waals surface area contributed by atoms with Crippen LogP contribution < -0.4 is 0 Å². The fourth-order valence-corrected chi connectivity index (χ4v) is 1.10. The van der Waals surface area contributed by atoms with Crippen LogP contribution in [-0.4, -0.2) is 27.5 Å². The molecular weight excluding hydrogens is 225 g/mol. The van der Waals surface area contributed by atoms with Crippen LogP contribution in [0.15, 0.2) is 4.52 Å². The number of hydrogen-bond acceptors (Lipinski definition) is 4. The first-order chi connectivity index (χ1) is 7.29. The van der Waals surface area contributed by atoms with Crippen molar-refractivity contribution in [1.82, 2.24) is 10.1 Å². The maximum absolute atomic E-state index is 12.0. The van der Waals surface area contributed by atoms with E-state index in [1.165, 1.54) is 0 Å². The average molecular weight is 238 g/mol. The molecule has 1 atom stereocenters. The van der Waals surface area contributed by atoms with E-state index in [2.05, 4.69) is 14.7 Å². The van der Waals surface area contributed by atoms with Crippen molar-refractivity contribution in [3.05, 3.63) is 11.7 Å². The molecule has 0 saturated heterocycles. The van der Waals surface area contributed by atoms with Gasteiger partial charge < -0.3 is 9.63 Å². The highest BCUT2D eigenvalue weighted by Gasteiger charge is 2.39. The topological polar surface area (TPSA) is 59.2 Å². The van der Waals surface area contributed by atoms with E-state index >= 15 is 0 Å². The number of aliphatic hydroxyl groups is 1. The van der Waals surface area contributed by atoms with Crippen LogP contribution in [-0.2, 0) is 12.8 Å². The van der Waals surface area contributed by atoms with Crippen molar-refractivity contribution >= 4 is 0 Å². The molecule has 1 rings (SSSR count). The Morgan fingerprint density at radius 3 is 2.44 bits per heavy atom. The van der Waals surface area contributed by atoms with E-state index in [0.29, 0.717) is 12.2 Å². The maximum atomic E-state index is 12.0. The number of nitrogens with zero attached hydrogens (tertiary/aromatic N) is 2. The van der Waals surface area contributed by atoms with Gasteiger partial charge in [0.05, 0.1) is 6.42 Å². The van der Waals surface area contributed by atoms with Gasteiger partial charge in [-0.15, -0.1) is 0 Å². The summed E-state index contributed by atoms with van der Waals surface area (Å²) in [4.78, 5) is 3.77. The summed E-state index contributed by atoms with van der Waals surface area (Å²) in [7, 11) is 0. The van der Waals surface area contributed by atoms with Gasteiger partial charge in [0.15, 0.2) is 11.9 Å². The molecule has 1 heterocycles. The van der Waals surface area contributed by atoms with E-state index in [9.17, 15) is 13.2 Å². The van der Waals surface area contributed by atoms with Crippen molar-refractivity contribution in [2.45, 2.75) is 39.0 Å². The molecule has 1 aromatic rings. The van der Waals surface area contributed by atoms with E-state index in [1.807, 2.05) is 13.8 Å². The lowest BCUT2D eigenvalue weighted by molar-refractivity contribution is -0.204. The molecule has 1 unspecified atom stereocenters. The number of alkyl halides is 3. The summed E-state index contributed by atoms with van der Waals surface area (Å²) < 4.78 is 40.6. The fourth-order valence-electron chi connectivity index (χ4n) is 1.10. The van der Waals surface area contributed by atoms with Crippen LogP contribution in [0.25, 0.3) is 0 Å². The first-order valence-corrected chi connectivity index (χ1v) is 4.85. The third-order valence-corrected chi connectivity index (χ3v) is 1.85. The van der Waals surface area contributed by atoms with Gasteiger partial charge in [0.1, 0.15) is 0 Å². The third-order valence-electron chi connectivity index (χ3n) is 1.85. The Labute approximate surface area is 90.5 Å². The largest absolute Gasteiger partial charge is 0.414 e. The van der Waals surface area contributed by atoms with Crippen molar-refractivity contribution in [1.29, 1.82) is 0 Å². The number of halogens is 3. The van der Waals surface area contributed by atoms with E-state index in [1.54, 1.807) is 0 Å². The lowest BCUT2D eigenvalue weighted by Gasteiger charge is -2.11. The molecule has 0 aliphatic carbocycles. The van der Waals surface area contributed by atoms with E-state index in [-0.39, 0.29) is 11.8 Å². The van der Waals surface area contributed by atoms with Crippen LogP contribution in [0.5, 0.6) is 0 Å². The molecule has 0 amide bonds. The summed E-state index contributed by atoms with van der Waals surface area (Å²) in [5, 5.41) is 12.3. The summed E-state index contributed by atoms with van der Waals surface area (Å²) in [6.45, 7) is 3.86. The molecule has 1 N–H and O–H groups in total. The molecule has 0 bridgehead atoms. The first kappa shape index (κ1) is 13.0. The summed E-state index contributed by atoms with van der Waals surface area (Å²) in [6.07, 6.45) is -7.28. The van der Waals surface area contributed by atoms with E-state index < -0.39 is 18.7 Å². The van der Waals surface area contributed by atoms with Gasteiger partial charge in [-0.3, -0.25) is 0 Å². The van der Waals surface area contributed by atoms with Crippen LogP contribution in [0.4, 0.5) is 13.2 Å². The second-order valence-corrected chi connectivity index (χ2v) is 3.96. The maximum Gasteiger partial charge on any atom is 0.414 e. The van der Waals surface area contributed by atoms with E-state index in [4.69, 9.17) is 5.11 Å². The standard InChI is InChI=1S/C9H13F3N2O2/c1-5(2)3-7-13-8(16-14-7)4-6(15)9(10,11)12/h5-6,15H,3-4H2,1-2H3. The molecule has 16 heavy (non-hydrogen) atoms. The Morgan fingerprint density at radius 1 is 1.31 bits per heavy atom. The molecule has 0 aliphatic heterocycles. The van der Waals surface area contributed by atoms with Crippen LogP contribution in [0, 0.1) is 5.92 Å². The molecule has 0 radical (unpaired) electrons. The van der Waals surface area contributed by atoms with Crippen molar-refractivity contribution in [3.63, 3.8) is 0 Å². The van der Waals surface area contributed by atoms with Crippen molar-refractivity contribution < 1.29 is 22.8 Å². The average Bonchev–Trinajstić information content (AvgIpc) is 2.49. The van der Waals surface area contributed by atoms with Crippen molar-refractivity contribution in [3.8, 4) is 0 Å². The van der Waals surface area contributed by atoms with Gasteiger partial charge in [-0.25, -0.2) is 0 Å². The van der Waals surface area contributed by atoms with Crippen LogP contribution >= 0.6 is 0 Å². The first-order valence-electron chi connectivity index (χ1n) is 4.85. The number of aliphatic hydroxyl groups excluding tert-OH is 1. The quantitative estimate of drug-likeness (QED) is 0.867. The van der Waals surface area contributed by atoms with Crippen LogP contribution in [0.2, 0.25) is 0 Å². The number of aromatic nitrogens is 2.